The average molecular weight is 326 g/mol. The lowest BCUT2D eigenvalue weighted by Crippen LogP contribution is -2.31. The molecule has 3 rings (SSSR count). The first-order valence-corrected chi connectivity index (χ1v) is 7.42. The highest BCUT2D eigenvalue weighted by Crippen LogP contribution is 2.43. The number of nitrogens with one attached hydrogen (secondary N) is 2. The number of hydrogen-bond acceptors (Lipinski definition) is 6. The molecule has 2 aromatic heterocycles. The topological polar surface area (TPSA) is 95.8 Å². The lowest BCUT2D eigenvalue weighted by molar-refractivity contribution is 0.406. The number of nitriles is 1. The molecule has 0 bridgehead atoms. The Hall–Kier alpha value is -2.79. The second-order valence-corrected chi connectivity index (χ2v) is 5.45. The molecule has 2 unspecified atom stereocenters. The van der Waals surface area contributed by atoms with Crippen molar-refractivity contribution in [3.63, 3.8) is 0 Å². The van der Waals surface area contributed by atoms with Crippen LogP contribution in [0.4, 0.5) is 5.82 Å². The molecular weight excluding hydrogens is 312 g/mol. The zero-order chi connectivity index (χ0) is 16.2. The minimum Gasteiger partial charge on any atom is -0.495 e. The van der Waals surface area contributed by atoms with Crippen LogP contribution in [0.15, 0.2) is 30.6 Å². The maximum Gasteiger partial charge on any atom is 0.172 e. The number of nitrogens with zero attached hydrogens (tertiary/aromatic N) is 4. The number of rotatable bonds is 4. The van der Waals surface area contributed by atoms with Gasteiger partial charge in [0.15, 0.2) is 10.9 Å². The van der Waals surface area contributed by atoms with Crippen molar-refractivity contribution in [3.8, 4) is 11.8 Å². The van der Waals surface area contributed by atoms with Crippen LogP contribution in [0.3, 0.4) is 0 Å². The van der Waals surface area contributed by atoms with Crippen LogP contribution in [-0.2, 0) is 0 Å². The van der Waals surface area contributed by atoms with E-state index in [4.69, 9.17) is 22.2 Å². The van der Waals surface area contributed by atoms with Crippen LogP contribution in [0.25, 0.3) is 0 Å². The first kappa shape index (κ1) is 15.1. The van der Waals surface area contributed by atoms with Crippen LogP contribution >= 0.6 is 12.2 Å². The predicted octanol–water partition coefficient (Wildman–Crippen LogP) is 1.59. The van der Waals surface area contributed by atoms with Crippen molar-refractivity contribution >= 4 is 23.1 Å². The van der Waals surface area contributed by atoms with Gasteiger partial charge in [-0.2, -0.15) is 10.4 Å². The maximum absolute atomic E-state index is 9.03. The monoisotopic (exact) mass is 326 g/mol. The van der Waals surface area contributed by atoms with E-state index >= 15 is 0 Å². The fourth-order valence-corrected chi connectivity index (χ4v) is 2.58. The molecule has 0 amide bonds. The van der Waals surface area contributed by atoms with Gasteiger partial charge in [-0.1, -0.05) is 0 Å². The Morgan fingerprint density at radius 3 is 3.09 bits per heavy atom. The van der Waals surface area contributed by atoms with Crippen LogP contribution in [-0.4, -0.2) is 33.4 Å². The summed E-state index contributed by atoms with van der Waals surface area (Å²) in [7, 11) is 1.63. The van der Waals surface area contributed by atoms with Crippen molar-refractivity contribution in [2.24, 2.45) is 0 Å². The summed E-state index contributed by atoms with van der Waals surface area (Å²) in [5, 5.41) is 23.2. The van der Waals surface area contributed by atoms with E-state index in [0.717, 1.165) is 17.9 Å². The molecule has 2 aromatic rings. The van der Waals surface area contributed by atoms with Crippen molar-refractivity contribution in [1.29, 1.82) is 5.26 Å². The summed E-state index contributed by atoms with van der Waals surface area (Å²) in [5.74, 6) is 1.38. The molecule has 1 fully saturated rings. The summed E-state index contributed by atoms with van der Waals surface area (Å²) in [6, 6.07) is 7.54. The first-order valence-electron chi connectivity index (χ1n) is 7.01. The first-order chi connectivity index (χ1) is 11.2. The zero-order valence-corrected chi connectivity index (χ0v) is 13.2. The molecule has 0 spiro atoms. The van der Waals surface area contributed by atoms with E-state index < -0.39 is 0 Å². The Kier molecular flexibility index (Phi) is 4.30. The molecule has 2 N–H and O–H groups in total. The van der Waals surface area contributed by atoms with E-state index in [-0.39, 0.29) is 12.0 Å². The molecule has 0 aliphatic heterocycles. The highest BCUT2D eigenvalue weighted by atomic mass is 32.1. The lowest BCUT2D eigenvalue weighted by Gasteiger charge is -2.11. The largest absolute Gasteiger partial charge is 0.495 e. The fourth-order valence-electron chi connectivity index (χ4n) is 2.34. The van der Waals surface area contributed by atoms with Gasteiger partial charge in [0.05, 0.1) is 24.6 Å². The summed E-state index contributed by atoms with van der Waals surface area (Å²) in [4.78, 5) is 4.39. The number of thiocarbonyl (C=S) groups is 1. The third kappa shape index (κ3) is 3.35. The van der Waals surface area contributed by atoms with E-state index in [1.165, 1.54) is 6.20 Å². The molecule has 1 saturated carbocycles. The van der Waals surface area contributed by atoms with Gasteiger partial charge in [0.25, 0.3) is 0 Å². The molecule has 1 aliphatic carbocycles. The predicted molar refractivity (Wildman–Crippen MR) is 88.0 cm³/mol. The van der Waals surface area contributed by atoms with Crippen LogP contribution in [0.5, 0.6) is 5.75 Å². The van der Waals surface area contributed by atoms with Crippen molar-refractivity contribution in [3.05, 3.63) is 41.9 Å². The molecule has 23 heavy (non-hydrogen) atoms. The molecule has 2 heterocycles. The normalized spacial score (nSPS) is 18.6. The summed E-state index contributed by atoms with van der Waals surface area (Å²) in [6.45, 7) is 0. The SMILES string of the molecule is COc1cccnc1C1CC1NC(=S)Nc1nnccc1C#N. The van der Waals surface area contributed by atoms with E-state index in [9.17, 15) is 0 Å². The lowest BCUT2D eigenvalue weighted by atomic mass is 10.2. The minimum absolute atomic E-state index is 0.181. The number of pyridine rings is 1. The highest BCUT2D eigenvalue weighted by Gasteiger charge is 2.41. The standard InChI is InChI=1S/C15H14N6OS/c1-22-12-3-2-5-17-13(12)10-7-11(10)19-15(23)20-14-9(8-16)4-6-18-21-14/h2-6,10-11H,7H2,1H3,(H2,19,20,21,23). The number of methoxy groups -OCH3 is 1. The van der Waals surface area contributed by atoms with Gasteiger partial charge >= 0.3 is 0 Å². The quantitative estimate of drug-likeness (QED) is 0.818. The van der Waals surface area contributed by atoms with Crippen molar-refractivity contribution in [2.75, 3.05) is 12.4 Å². The molecular formula is C15H14N6OS. The second-order valence-electron chi connectivity index (χ2n) is 5.04. The second kappa shape index (κ2) is 6.54. The highest BCUT2D eigenvalue weighted by molar-refractivity contribution is 7.80. The Balaban J connectivity index is 1.61. The van der Waals surface area contributed by atoms with Gasteiger partial charge in [0.2, 0.25) is 0 Å². The van der Waals surface area contributed by atoms with Crippen molar-refractivity contribution in [2.45, 2.75) is 18.4 Å². The third-order valence-electron chi connectivity index (χ3n) is 3.55. The Morgan fingerprint density at radius 2 is 2.30 bits per heavy atom. The van der Waals surface area contributed by atoms with Gasteiger partial charge in [-0.15, -0.1) is 5.10 Å². The van der Waals surface area contributed by atoms with Gasteiger partial charge in [0.1, 0.15) is 11.8 Å². The summed E-state index contributed by atoms with van der Waals surface area (Å²) in [6.07, 6.45) is 4.13. The smallest absolute Gasteiger partial charge is 0.172 e. The van der Waals surface area contributed by atoms with Crippen LogP contribution in [0.2, 0.25) is 0 Å². The zero-order valence-electron chi connectivity index (χ0n) is 12.4. The number of anilines is 1. The average Bonchev–Trinajstić information content (AvgIpc) is 3.34. The molecule has 1 aliphatic rings. The van der Waals surface area contributed by atoms with E-state index in [2.05, 4.69) is 25.8 Å². The molecule has 116 valence electrons. The van der Waals surface area contributed by atoms with Gasteiger partial charge in [-0.25, -0.2) is 0 Å². The van der Waals surface area contributed by atoms with Gasteiger partial charge in [0, 0.05) is 18.2 Å². The molecule has 0 saturated heterocycles. The number of hydrogen-bond donors (Lipinski definition) is 2. The minimum atomic E-state index is 0.181. The fraction of sp³-hybridized carbons (Fsp3) is 0.267. The maximum atomic E-state index is 9.03. The summed E-state index contributed by atoms with van der Waals surface area (Å²) < 4.78 is 5.33. The van der Waals surface area contributed by atoms with Gasteiger partial charge < -0.3 is 15.4 Å². The summed E-state index contributed by atoms with van der Waals surface area (Å²) >= 11 is 5.27. The van der Waals surface area contributed by atoms with Crippen LogP contribution < -0.4 is 15.4 Å². The van der Waals surface area contributed by atoms with Crippen LogP contribution in [0, 0.1) is 11.3 Å². The molecule has 7 nitrogen and oxygen atoms in total. The Morgan fingerprint density at radius 1 is 1.43 bits per heavy atom. The van der Waals surface area contributed by atoms with E-state index in [0.29, 0.717) is 16.5 Å². The van der Waals surface area contributed by atoms with Crippen molar-refractivity contribution < 1.29 is 4.74 Å². The number of aromatic nitrogens is 3. The molecule has 0 aromatic carbocycles. The third-order valence-corrected chi connectivity index (χ3v) is 3.77. The van der Waals surface area contributed by atoms with Crippen molar-refractivity contribution in [1.82, 2.24) is 20.5 Å². The van der Waals surface area contributed by atoms with Gasteiger partial charge in [-0.3, -0.25) is 4.98 Å². The Bertz CT molecular complexity index is 775. The molecule has 0 radical (unpaired) electrons. The summed E-state index contributed by atoms with van der Waals surface area (Å²) in [5.41, 5.74) is 1.32. The number of ether oxygens (including phenoxy) is 1. The van der Waals surface area contributed by atoms with E-state index in [1.807, 2.05) is 18.2 Å². The van der Waals surface area contributed by atoms with Crippen LogP contribution in [0.1, 0.15) is 23.6 Å². The van der Waals surface area contributed by atoms with Gasteiger partial charge in [-0.05, 0) is 36.8 Å². The molecule has 2 atom stereocenters. The van der Waals surface area contributed by atoms with E-state index in [1.54, 1.807) is 19.4 Å². The molecule has 8 heteroatoms. The Labute approximate surface area is 138 Å².